The van der Waals surface area contributed by atoms with Gasteiger partial charge in [-0.2, -0.15) is 0 Å². The van der Waals surface area contributed by atoms with Crippen LogP contribution in [0.2, 0.25) is 0 Å². The number of methoxy groups -OCH3 is 1. The lowest BCUT2D eigenvalue weighted by Gasteiger charge is -2.34. The molecule has 0 spiro atoms. The van der Waals surface area contributed by atoms with Gasteiger partial charge in [0, 0.05) is 5.39 Å². The summed E-state index contributed by atoms with van der Waals surface area (Å²) in [4.78, 5) is 12.5. The lowest BCUT2D eigenvalue weighted by atomic mass is 9.79. The Morgan fingerprint density at radius 3 is 2.92 bits per heavy atom. The highest BCUT2D eigenvalue weighted by atomic mass is 16.5. The molecule has 1 aliphatic rings. The van der Waals surface area contributed by atoms with Crippen LogP contribution in [0.3, 0.4) is 0 Å². The number of carbonyl (C=O) groups is 1. The zero-order chi connectivity index (χ0) is 18.1. The average Bonchev–Trinajstić information content (AvgIpc) is 3.10. The number of aryl methyl sites for hydroxylation is 1. The molecule has 0 fully saturated rings. The minimum absolute atomic E-state index is 0.141. The molecular weight excluding hydrogens is 330 g/mol. The number of rotatable bonds is 4. The molecule has 1 unspecified atom stereocenters. The third kappa shape index (κ3) is 2.95. The first kappa shape index (κ1) is 16.7. The zero-order valence-electron chi connectivity index (χ0n) is 14.6. The third-order valence-corrected chi connectivity index (χ3v) is 5.04. The summed E-state index contributed by atoms with van der Waals surface area (Å²) in [6, 6.07) is 14.9. The number of hydrogen-bond acceptors (Lipinski definition) is 4. The molecule has 134 valence electrons. The lowest BCUT2D eigenvalue weighted by molar-refractivity contribution is 0.0186. The maximum absolute atomic E-state index is 12.5. The van der Waals surface area contributed by atoms with Gasteiger partial charge in [0.05, 0.1) is 13.7 Å². The van der Waals surface area contributed by atoms with Crippen LogP contribution in [0.4, 0.5) is 0 Å². The van der Waals surface area contributed by atoms with E-state index in [1.54, 1.807) is 13.2 Å². The van der Waals surface area contributed by atoms with Crippen molar-refractivity contribution in [3.63, 3.8) is 0 Å². The number of nitrogens with one attached hydrogen (secondary N) is 1. The summed E-state index contributed by atoms with van der Waals surface area (Å²) in [5, 5.41) is 14.8. The summed E-state index contributed by atoms with van der Waals surface area (Å²) in [5.74, 6) is 0.704. The van der Waals surface area contributed by atoms with Crippen molar-refractivity contribution in [3.8, 4) is 5.75 Å². The maximum Gasteiger partial charge on any atom is 0.287 e. The molecule has 2 aromatic carbocycles. The Balaban J connectivity index is 1.53. The summed E-state index contributed by atoms with van der Waals surface area (Å²) in [6.45, 7) is 0.141. The second-order valence-electron chi connectivity index (χ2n) is 6.74. The average molecular weight is 351 g/mol. The Bertz CT molecular complexity index is 929. The van der Waals surface area contributed by atoms with Crippen LogP contribution in [0.25, 0.3) is 11.0 Å². The van der Waals surface area contributed by atoms with Gasteiger partial charge in [0.1, 0.15) is 16.9 Å². The number of fused-ring (bicyclic) bond motifs is 2. The molecule has 0 aliphatic heterocycles. The number of carbonyl (C=O) groups excluding carboxylic acids is 1. The molecular formula is C21H21NO4. The van der Waals surface area contributed by atoms with Crippen LogP contribution >= 0.6 is 0 Å². The Morgan fingerprint density at radius 1 is 1.27 bits per heavy atom. The fourth-order valence-corrected chi connectivity index (χ4v) is 3.65. The first-order chi connectivity index (χ1) is 12.6. The summed E-state index contributed by atoms with van der Waals surface area (Å²) >= 11 is 0. The highest BCUT2D eigenvalue weighted by Gasteiger charge is 2.35. The molecule has 5 nitrogen and oxygen atoms in total. The summed E-state index contributed by atoms with van der Waals surface area (Å²) in [7, 11) is 1.63. The van der Waals surface area contributed by atoms with Gasteiger partial charge in [-0.1, -0.05) is 24.3 Å². The molecule has 0 radical (unpaired) electrons. The molecule has 1 amide bonds. The van der Waals surface area contributed by atoms with E-state index >= 15 is 0 Å². The third-order valence-electron chi connectivity index (χ3n) is 5.04. The number of furan rings is 1. The van der Waals surface area contributed by atoms with Crippen molar-refractivity contribution >= 4 is 16.9 Å². The predicted octanol–water partition coefficient (Wildman–Crippen LogP) is 3.40. The van der Waals surface area contributed by atoms with Gasteiger partial charge in [0.2, 0.25) is 0 Å². The van der Waals surface area contributed by atoms with Gasteiger partial charge in [-0.05, 0) is 54.7 Å². The minimum Gasteiger partial charge on any atom is -0.497 e. The van der Waals surface area contributed by atoms with E-state index < -0.39 is 5.60 Å². The van der Waals surface area contributed by atoms with Crippen molar-refractivity contribution in [1.29, 1.82) is 0 Å². The van der Waals surface area contributed by atoms with Gasteiger partial charge >= 0.3 is 0 Å². The largest absolute Gasteiger partial charge is 0.497 e. The number of benzene rings is 2. The van der Waals surface area contributed by atoms with Crippen molar-refractivity contribution in [1.82, 2.24) is 5.32 Å². The van der Waals surface area contributed by atoms with Gasteiger partial charge in [-0.3, -0.25) is 4.79 Å². The van der Waals surface area contributed by atoms with Gasteiger partial charge in [-0.15, -0.1) is 0 Å². The van der Waals surface area contributed by atoms with E-state index in [-0.39, 0.29) is 18.2 Å². The number of para-hydroxylation sites is 1. The second kappa shape index (κ2) is 6.50. The molecule has 1 aromatic heterocycles. The topological polar surface area (TPSA) is 71.7 Å². The van der Waals surface area contributed by atoms with E-state index in [1.165, 1.54) is 0 Å². The van der Waals surface area contributed by atoms with Crippen LogP contribution < -0.4 is 10.1 Å². The van der Waals surface area contributed by atoms with Crippen LogP contribution in [-0.4, -0.2) is 24.7 Å². The molecule has 5 heteroatoms. The quantitative estimate of drug-likeness (QED) is 0.756. The highest BCUT2D eigenvalue weighted by molar-refractivity contribution is 5.96. The first-order valence-corrected chi connectivity index (χ1v) is 8.76. The standard InChI is InChI=1S/C21H21NO4/c1-25-16-8-9-17-14(11-16)6-4-10-21(17,24)13-22-20(23)19-12-15-5-2-3-7-18(15)26-19/h2-3,5,7-9,11-12,24H,4,6,10,13H2,1H3,(H,22,23). The second-order valence-corrected chi connectivity index (χ2v) is 6.74. The molecule has 0 saturated carbocycles. The highest BCUT2D eigenvalue weighted by Crippen LogP contribution is 2.36. The van der Waals surface area contributed by atoms with E-state index in [9.17, 15) is 9.90 Å². The van der Waals surface area contributed by atoms with Crippen LogP contribution in [0.5, 0.6) is 5.75 Å². The molecule has 26 heavy (non-hydrogen) atoms. The Hall–Kier alpha value is -2.79. The normalized spacial score (nSPS) is 19.2. The first-order valence-electron chi connectivity index (χ1n) is 8.76. The van der Waals surface area contributed by atoms with E-state index in [4.69, 9.17) is 9.15 Å². The lowest BCUT2D eigenvalue weighted by Crippen LogP contribution is -2.42. The van der Waals surface area contributed by atoms with Crippen molar-refractivity contribution in [2.75, 3.05) is 13.7 Å². The van der Waals surface area contributed by atoms with Gasteiger partial charge in [-0.25, -0.2) is 0 Å². The van der Waals surface area contributed by atoms with Crippen LogP contribution in [-0.2, 0) is 12.0 Å². The van der Waals surface area contributed by atoms with Crippen molar-refractivity contribution in [2.45, 2.75) is 24.9 Å². The molecule has 3 aromatic rings. The van der Waals surface area contributed by atoms with Gasteiger partial charge in [0.15, 0.2) is 5.76 Å². The van der Waals surface area contributed by atoms with Crippen molar-refractivity contribution in [3.05, 3.63) is 65.4 Å². The SMILES string of the molecule is COc1ccc2c(c1)CCCC2(O)CNC(=O)c1cc2ccccc2o1. The number of amides is 1. The van der Waals surface area contributed by atoms with E-state index in [0.29, 0.717) is 12.0 Å². The van der Waals surface area contributed by atoms with Crippen LogP contribution in [0.1, 0.15) is 34.5 Å². The molecule has 1 heterocycles. The monoisotopic (exact) mass is 351 g/mol. The van der Waals surface area contributed by atoms with Crippen molar-refractivity contribution in [2.24, 2.45) is 0 Å². The molecule has 0 saturated heterocycles. The van der Waals surface area contributed by atoms with Crippen LogP contribution in [0, 0.1) is 0 Å². The van der Waals surface area contributed by atoms with E-state index in [1.807, 2.05) is 42.5 Å². The Morgan fingerprint density at radius 2 is 2.12 bits per heavy atom. The fraction of sp³-hybridized carbons (Fsp3) is 0.286. The fourth-order valence-electron chi connectivity index (χ4n) is 3.65. The molecule has 2 N–H and O–H groups in total. The number of aliphatic hydroxyl groups is 1. The van der Waals surface area contributed by atoms with Gasteiger partial charge < -0.3 is 19.6 Å². The predicted molar refractivity (Wildman–Crippen MR) is 98.4 cm³/mol. The molecule has 1 atom stereocenters. The van der Waals surface area contributed by atoms with Crippen molar-refractivity contribution < 1.29 is 19.1 Å². The summed E-state index contributed by atoms with van der Waals surface area (Å²) in [6.07, 6.45) is 2.36. The van der Waals surface area contributed by atoms with Gasteiger partial charge in [0.25, 0.3) is 5.91 Å². The Labute approximate surface area is 151 Å². The molecule has 1 aliphatic carbocycles. The Kier molecular flexibility index (Phi) is 4.17. The number of ether oxygens (including phenoxy) is 1. The molecule has 4 rings (SSSR count). The smallest absolute Gasteiger partial charge is 0.287 e. The number of hydrogen-bond donors (Lipinski definition) is 2. The maximum atomic E-state index is 12.5. The minimum atomic E-state index is -1.08. The van der Waals surface area contributed by atoms with E-state index in [2.05, 4.69) is 5.32 Å². The zero-order valence-corrected chi connectivity index (χ0v) is 14.6. The molecule has 0 bridgehead atoms. The van der Waals surface area contributed by atoms with Crippen LogP contribution in [0.15, 0.2) is 52.9 Å². The van der Waals surface area contributed by atoms with E-state index in [0.717, 1.165) is 35.1 Å². The summed E-state index contributed by atoms with van der Waals surface area (Å²) in [5.41, 5.74) is 1.51. The summed E-state index contributed by atoms with van der Waals surface area (Å²) < 4.78 is 10.9.